The summed E-state index contributed by atoms with van der Waals surface area (Å²) in [5.74, 6) is -71.4. The molecule has 0 aliphatic rings. The van der Waals surface area contributed by atoms with Crippen LogP contribution in [0.25, 0.3) is 0 Å². The molecule has 0 aliphatic heterocycles. The van der Waals surface area contributed by atoms with Crippen molar-refractivity contribution in [3.8, 4) is 0 Å². The molecule has 298 valence electrons. The summed E-state index contributed by atoms with van der Waals surface area (Å²) in [5.41, 5.74) is -14.3. The van der Waals surface area contributed by atoms with Crippen molar-refractivity contribution in [1.82, 2.24) is 0 Å². The van der Waals surface area contributed by atoms with Crippen molar-refractivity contribution >= 4 is 79.4 Å². The van der Waals surface area contributed by atoms with Crippen molar-refractivity contribution in [2.75, 3.05) is 40.6 Å². The van der Waals surface area contributed by atoms with Crippen LogP contribution in [0.2, 0.25) is 0 Å². The summed E-state index contributed by atoms with van der Waals surface area (Å²) in [4.78, 5) is 0. The van der Waals surface area contributed by atoms with Gasteiger partial charge in [-0.3, -0.25) is 0 Å². The zero-order chi connectivity index (χ0) is 41.3. The number of hydrogen-bond acceptors (Lipinski definition) is 3. The van der Waals surface area contributed by atoms with Crippen molar-refractivity contribution < 1.29 is 102 Å². The van der Waals surface area contributed by atoms with E-state index in [-0.39, 0.29) is 51.4 Å². The minimum atomic E-state index is -7.22. The maximum absolute atomic E-state index is 15.4. The molecule has 0 saturated heterocycles. The molecular weight excluding hydrogens is 838 g/mol. The molecule has 0 aromatic heterocycles. The van der Waals surface area contributed by atoms with Gasteiger partial charge in [0.1, 0.15) is 52.7 Å². The molecule has 0 bridgehead atoms. The molecule has 0 radical (unpaired) electrons. The van der Waals surface area contributed by atoms with Gasteiger partial charge in [-0.1, -0.05) is 0 Å². The van der Waals surface area contributed by atoms with E-state index < -0.39 is 144 Å². The predicted molar refractivity (Wildman–Crippen MR) is 151 cm³/mol. The zero-order valence-electron chi connectivity index (χ0n) is 26.2. The quantitative estimate of drug-likeness (QED) is 0.0696. The van der Waals surface area contributed by atoms with E-state index in [0.29, 0.717) is 26.4 Å². The molecule has 0 atom stereocenters. The first-order valence-electron chi connectivity index (χ1n) is 13.9. The van der Waals surface area contributed by atoms with E-state index in [2.05, 4.69) is 0 Å². The first-order valence-corrected chi connectivity index (χ1v) is 13.9. The second-order valence-corrected chi connectivity index (χ2v) is 10.4. The molecule has 0 N–H and O–H groups in total. The fourth-order valence-electron chi connectivity index (χ4n) is 5.26. The molecule has 0 unspecified atom stereocenters. The van der Waals surface area contributed by atoms with Crippen LogP contribution in [0.1, 0.15) is 0 Å². The van der Waals surface area contributed by atoms with E-state index in [4.69, 9.17) is 14.2 Å². The van der Waals surface area contributed by atoms with Crippen LogP contribution >= 0.6 is 0 Å². The third-order valence-electron chi connectivity index (χ3n) is 7.57. The van der Waals surface area contributed by atoms with E-state index in [9.17, 15) is 52.7 Å². The van der Waals surface area contributed by atoms with Gasteiger partial charge in [0.25, 0.3) is 0 Å². The molecule has 0 amide bonds. The van der Waals surface area contributed by atoms with Crippen LogP contribution in [0.5, 0.6) is 0 Å². The molecular formula is C30H15BF20KO3-. The van der Waals surface area contributed by atoms with Crippen molar-refractivity contribution in [2.24, 2.45) is 0 Å². The summed E-state index contributed by atoms with van der Waals surface area (Å²) < 4.78 is 309. The van der Waals surface area contributed by atoms with Crippen molar-refractivity contribution in [3.05, 3.63) is 116 Å². The van der Waals surface area contributed by atoms with E-state index >= 15 is 35.1 Å². The Balaban J connectivity index is 0.000000928. The van der Waals surface area contributed by atoms with Crippen LogP contribution < -0.4 is 21.9 Å². The van der Waals surface area contributed by atoms with Crippen molar-refractivity contribution in [2.45, 2.75) is 0 Å². The van der Waals surface area contributed by atoms with Crippen molar-refractivity contribution in [3.63, 3.8) is 0 Å². The van der Waals surface area contributed by atoms with Crippen LogP contribution in [0.3, 0.4) is 0 Å². The van der Waals surface area contributed by atoms with E-state index in [1.165, 1.54) is 0 Å². The number of ether oxygens (including phenoxy) is 3. The summed E-state index contributed by atoms with van der Waals surface area (Å²) in [7, 11) is 3.30. The topological polar surface area (TPSA) is 27.7 Å². The second kappa shape index (κ2) is 19.0. The normalized spacial score (nSPS) is 11.5. The fraction of sp³-hybridized carbons (Fsp3) is 0.200. The number of methoxy groups -OCH3 is 2. The van der Waals surface area contributed by atoms with Gasteiger partial charge in [-0.15, -0.1) is 21.9 Å². The van der Waals surface area contributed by atoms with Crippen LogP contribution in [-0.2, 0) is 14.2 Å². The Morgan fingerprint density at radius 1 is 0.273 bits per heavy atom. The molecule has 3 nitrogen and oxygen atoms in total. The maximum atomic E-state index is 15.4. The average Bonchev–Trinajstić information content (AvgIpc) is 3.14. The standard InChI is InChI=1S/C24BF20.C6H14O3.K.H/c26-5-1(6(27)14(35)21(42)13(5)34)25(2-7(28)15(36)22(43)16(37)8(2)29,3-9(30)17(38)23(44)18(39)10(3)31)4-11(32)19(40)24(45)20(41)12(4)33;1-7-3-5-9-6-4-8-2;;/h;3-6H2,1-2H3;;/q-1;;;. The molecule has 4 aromatic rings. The Morgan fingerprint density at radius 2 is 0.418 bits per heavy atom. The third-order valence-corrected chi connectivity index (χ3v) is 7.57. The minimum absolute atomic E-state index is 0. The molecule has 0 spiro atoms. The molecule has 0 heterocycles. The summed E-state index contributed by atoms with van der Waals surface area (Å²) in [6, 6.07) is 0. The second-order valence-electron chi connectivity index (χ2n) is 10.4. The van der Waals surface area contributed by atoms with Gasteiger partial charge in [0.05, 0.1) is 26.4 Å². The Morgan fingerprint density at radius 3 is 0.564 bits per heavy atom. The van der Waals surface area contributed by atoms with E-state index in [1.54, 1.807) is 14.2 Å². The molecule has 0 saturated carbocycles. The van der Waals surface area contributed by atoms with Crippen molar-refractivity contribution in [1.29, 1.82) is 0 Å². The molecule has 55 heavy (non-hydrogen) atoms. The van der Waals surface area contributed by atoms with Crippen LogP contribution in [-0.4, -0.2) is 98.2 Å². The first-order chi connectivity index (χ1) is 25.1. The van der Waals surface area contributed by atoms with Crippen LogP contribution in [0.15, 0.2) is 0 Å². The van der Waals surface area contributed by atoms with Gasteiger partial charge < -0.3 is 14.2 Å². The summed E-state index contributed by atoms with van der Waals surface area (Å²) in [6.07, 6.45) is -7.22. The molecule has 4 aromatic carbocycles. The van der Waals surface area contributed by atoms with Crippen LogP contribution in [0.4, 0.5) is 87.8 Å². The Labute approximate surface area is 336 Å². The third kappa shape index (κ3) is 8.12. The summed E-state index contributed by atoms with van der Waals surface area (Å²) in [6.45, 7) is 2.62. The molecule has 0 fully saturated rings. The monoisotopic (exact) mass is 853 g/mol. The first kappa shape index (κ1) is 48.2. The summed E-state index contributed by atoms with van der Waals surface area (Å²) in [5, 5.41) is 0. The zero-order valence-corrected chi connectivity index (χ0v) is 26.2. The molecule has 0 aliphatic carbocycles. The number of halogens is 20. The van der Waals surface area contributed by atoms with Gasteiger partial charge >= 0.3 is 51.4 Å². The Bertz CT molecular complexity index is 1710. The van der Waals surface area contributed by atoms with Crippen LogP contribution in [0, 0.1) is 116 Å². The fourth-order valence-corrected chi connectivity index (χ4v) is 5.26. The molecule has 25 heteroatoms. The number of rotatable bonds is 10. The van der Waals surface area contributed by atoms with Gasteiger partial charge in [0.15, 0.2) is 69.8 Å². The van der Waals surface area contributed by atoms with E-state index in [0.717, 1.165) is 0 Å². The average molecular weight is 853 g/mol. The summed E-state index contributed by atoms with van der Waals surface area (Å²) >= 11 is 0. The van der Waals surface area contributed by atoms with Gasteiger partial charge in [0, 0.05) is 14.2 Å². The SMILES string of the molecule is COCCOCCOC.Fc1c(F)c(F)c([B-](c2c(F)c(F)c(F)c(F)c2F)(c2c(F)c(F)c(F)c(F)c2F)c2c(F)c(F)c(F)c(F)c2F)c(F)c1F.[KH]. The predicted octanol–water partition coefficient (Wildman–Crippen LogP) is 5.49. The van der Waals surface area contributed by atoms with Gasteiger partial charge in [-0.05, 0) is 0 Å². The Hall–Kier alpha value is -2.94. The van der Waals surface area contributed by atoms with Gasteiger partial charge in [-0.25, -0.2) is 87.8 Å². The Kier molecular flexibility index (Phi) is 16.7. The molecule has 4 rings (SSSR count). The van der Waals surface area contributed by atoms with Gasteiger partial charge in [0.2, 0.25) is 0 Å². The number of benzene rings is 4. The van der Waals surface area contributed by atoms with E-state index in [1.807, 2.05) is 0 Å². The number of hydrogen-bond donors (Lipinski definition) is 0. The van der Waals surface area contributed by atoms with Gasteiger partial charge in [-0.2, -0.15) is 0 Å².